The number of carboxylic acids is 1. The number of nitrogens with one attached hydrogen (secondary N) is 2. The van der Waals surface area contributed by atoms with Crippen LogP contribution in [0.15, 0.2) is 23.2 Å². The molecular weight excluding hydrogens is 434 g/mol. The molecule has 34 heavy (non-hydrogen) atoms. The molecule has 1 aliphatic carbocycles. The molecule has 0 radical (unpaired) electrons. The van der Waals surface area contributed by atoms with Crippen molar-refractivity contribution in [2.24, 2.45) is 10.7 Å². The summed E-state index contributed by atoms with van der Waals surface area (Å²) in [6.07, 6.45) is 7.34. The fraction of sp³-hybridized carbons (Fsp3) is 0.600. The fourth-order valence-corrected chi connectivity index (χ4v) is 4.90. The molecule has 186 valence electrons. The summed E-state index contributed by atoms with van der Waals surface area (Å²) in [6.45, 7) is 2.46. The van der Waals surface area contributed by atoms with Crippen molar-refractivity contribution in [3.63, 3.8) is 0 Å². The van der Waals surface area contributed by atoms with Gasteiger partial charge in [-0.25, -0.2) is 0 Å². The predicted octanol–water partition coefficient (Wildman–Crippen LogP) is 2.13. The first-order chi connectivity index (χ1) is 16.3. The van der Waals surface area contributed by atoms with Crippen molar-refractivity contribution < 1.29 is 19.5 Å². The Morgan fingerprint density at radius 2 is 1.91 bits per heavy atom. The zero-order chi connectivity index (χ0) is 24.7. The van der Waals surface area contributed by atoms with Crippen LogP contribution in [-0.4, -0.2) is 60.9 Å². The van der Waals surface area contributed by atoms with Gasteiger partial charge in [-0.3, -0.25) is 19.4 Å². The van der Waals surface area contributed by atoms with Crippen molar-refractivity contribution in [3.8, 4) is 0 Å². The molecule has 0 spiro atoms. The third-order valence-electron chi connectivity index (χ3n) is 6.71. The Morgan fingerprint density at radius 3 is 2.56 bits per heavy atom. The maximum absolute atomic E-state index is 12.5. The standard InChI is InChI=1S/C25H37N5O4/c1-16(26)24(33)29-23(28-13-12-22(31)32)18-10-11-20(19(15-18)17-7-4-3-5-8-17)30-14-6-9-21(30)25(34)27-2/h10-11,15-17,21H,3-9,12-14,26H2,1-2H3,(H,27,34)(H,31,32)(H,28,29,33)/t16-,21-/m0/s1. The van der Waals surface area contributed by atoms with Gasteiger partial charge < -0.3 is 26.4 Å². The second kappa shape index (κ2) is 12.0. The van der Waals surface area contributed by atoms with Gasteiger partial charge in [-0.1, -0.05) is 19.3 Å². The maximum atomic E-state index is 12.5. The number of anilines is 1. The van der Waals surface area contributed by atoms with Crippen LogP contribution in [0, 0.1) is 0 Å². The van der Waals surface area contributed by atoms with E-state index in [9.17, 15) is 14.4 Å². The number of carbonyl (C=O) groups is 3. The lowest BCUT2D eigenvalue weighted by atomic mass is 9.82. The number of nitrogens with two attached hydrogens (primary N) is 1. The van der Waals surface area contributed by atoms with Gasteiger partial charge in [0.2, 0.25) is 11.8 Å². The van der Waals surface area contributed by atoms with Crippen LogP contribution in [0.5, 0.6) is 0 Å². The van der Waals surface area contributed by atoms with Crippen molar-refractivity contribution in [3.05, 3.63) is 29.3 Å². The maximum Gasteiger partial charge on any atom is 0.305 e. The van der Waals surface area contributed by atoms with Gasteiger partial charge in [0, 0.05) is 24.8 Å². The van der Waals surface area contributed by atoms with Crippen LogP contribution in [0.4, 0.5) is 5.69 Å². The van der Waals surface area contributed by atoms with E-state index in [4.69, 9.17) is 10.8 Å². The number of carbonyl (C=O) groups excluding carboxylic acids is 2. The third kappa shape index (κ3) is 6.34. The highest BCUT2D eigenvalue weighted by atomic mass is 16.4. The molecule has 2 fully saturated rings. The lowest BCUT2D eigenvalue weighted by molar-refractivity contribution is -0.136. The number of aliphatic imine (C=N–C) groups is 1. The van der Waals surface area contributed by atoms with Crippen LogP contribution in [0.1, 0.15) is 75.3 Å². The Balaban J connectivity index is 2.02. The Kier molecular flexibility index (Phi) is 9.04. The first-order valence-corrected chi connectivity index (χ1v) is 12.3. The summed E-state index contributed by atoms with van der Waals surface area (Å²) in [5.41, 5.74) is 8.69. The minimum absolute atomic E-state index is 0.0243. The molecule has 0 unspecified atom stereocenters. The highest BCUT2D eigenvalue weighted by Gasteiger charge is 2.33. The number of rotatable bonds is 8. The van der Waals surface area contributed by atoms with E-state index in [-0.39, 0.29) is 30.8 Å². The van der Waals surface area contributed by atoms with Gasteiger partial charge in [0.25, 0.3) is 0 Å². The van der Waals surface area contributed by atoms with E-state index in [1.54, 1.807) is 14.0 Å². The average molecular weight is 472 g/mol. The van der Waals surface area contributed by atoms with Crippen LogP contribution in [0.2, 0.25) is 0 Å². The van der Waals surface area contributed by atoms with Gasteiger partial charge in [0.15, 0.2) is 0 Å². The fourth-order valence-electron chi connectivity index (χ4n) is 4.90. The number of amides is 2. The normalized spacial score (nSPS) is 20.1. The molecule has 0 bridgehead atoms. The van der Waals surface area contributed by atoms with Gasteiger partial charge in [-0.05, 0) is 62.3 Å². The van der Waals surface area contributed by atoms with E-state index in [2.05, 4.69) is 26.6 Å². The molecule has 1 saturated carbocycles. The lowest BCUT2D eigenvalue weighted by Crippen LogP contribution is -2.43. The number of hydrogen-bond acceptors (Lipinski definition) is 6. The van der Waals surface area contributed by atoms with E-state index < -0.39 is 12.0 Å². The third-order valence-corrected chi connectivity index (χ3v) is 6.71. The summed E-state index contributed by atoms with van der Waals surface area (Å²) in [5.74, 6) is -0.613. The van der Waals surface area contributed by atoms with Gasteiger partial charge in [-0.15, -0.1) is 0 Å². The zero-order valence-electron chi connectivity index (χ0n) is 20.2. The van der Waals surface area contributed by atoms with E-state index in [0.29, 0.717) is 11.8 Å². The molecule has 2 amide bonds. The molecular formula is C25H37N5O4. The highest BCUT2D eigenvalue weighted by molar-refractivity contribution is 6.09. The molecule has 1 saturated heterocycles. The van der Waals surface area contributed by atoms with Crippen molar-refractivity contribution in [2.75, 3.05) is 25.0 Å². The largest absolute Gasteiger partial charge is 0.481 e. The van der Waals surface area contributed by atoms with E-state index in [1.807, 2.05) is 12.1 Å². The first-order valence-electron chi connectivity index (χ1n) is 12.3. The number of hydrogen-bond donors (Lipinski definition) is 4. The van der Waals surface area contributed by atoms with Gasteiger partial charge in [-0.2, -0.15) is 0 Å². The van der Waals surface area contributed by atoms with Crippen molar-refractivity contribution in [1.82, 2.24) is 10.6 Å². The van der Waals surface area contributed by atoms with Crippen LogP contribution in [-0.2, 0) is 14.4 Å². The molecule has 1 aromatic rings. The minimum Gasteiger partial charge on any atom is -0.481 e. The van der Waals surface area contributed by atoms with E-state index in [1.165, 1.54) is 6.42 Å². The average Bonchev–Trinajstić information content (AvgIpc) is 3.32. The summed E-state index contributed by atoms with van der Waals surface area (Å²) in [5, 5.41) is 14.6. The Hall–Kier alpha value is -2.94. The molecule has 5 N–H and O–H groups in total. The Labute approximate surface area is 201 Å². The second-order valence-corrected chi connectivity index (χ2v) is 9.23. The lowest BCUT2D eigenvalue weighted by Gasteiger charge is -2.32. The van der Waals surface area contributed by atoms with Gasteiger partial charge in [0.1, 0.15) is 11.9 Å². The van der Waals surface area contributed by atoms with Crippen molar-refractivity contribution >= 4 is 29.3 Å². The molecule has 2 aliphatic rings. The number of benzene rings is 1. The Bertz CT molecular complexity index is 924. The first kappa shape index (κ1) is 25.7. The number of nitrogens with zero attached hydrogens (tertiary/aromatic N) is 2. The molecule has 9 nitrogen and oxygen atoms in total. The predicted molar refractivity (Wildman–Crippen MR) is 132 cm³/mol. The number of carboxylic acid groups (broad SMARTS) is 1. The quantitative estimate of drug-likeness (QED) is 0.339. The minimum atomic E-state index is -0.950. The molecule has 9 heteroatoms. The smallest absolute Gasteiger partial charge is 0.305 e. The second-order valence-electron chi connectivity index (χ2n) is 9.23. The zero-order valence-corrected chi connectivity index (χ0v) is 20.2. The van der Waals surface area contributed by atoms with Crippen LogP contribution in [0.25, 0.3) is 0 Å². The molecule has 2 atom stereocenters. The summed E-state index contributed by atoms with van der Waals surface area (Å²) >= 11 is 0. The number of likely N-dealkylation sites (N-methyl/N-ethyl adjacent to an activating group) is 1. The van der Waals surface area contributed by atoms with Crippen molar-refractivity contribution in [1.29, 1.82) is 0 Å². The highest BCUT2D eigenvalue weighted by Crippen LogP contribution is 2.40. The molecule has 1 heterocycles. The summed E-state index contributed by atoms with van der Waals surface area (Å²) in [7, 11) is 1.67. The monoisotopic (exact) mass is 471 g/mol. The number of amidine groups is 1. The molecule has 3 rings (SSSR count). The summed E-state index contributed by atoms with van der Waals surface area (Å²) in [6, 6.07) is 5.05. The van der Waals surface area contributed by atoms with Crippen molar-refractivity contribution in [2.45, 2.75) is 76.3 Å². The molecule has 0 aromatic heterocycles. The molecule has 1 aliphatic heterocycles. The summed E-state index contributed by atoms with van der Waals surface area (Å²) in [4.78, 5) is 42.5. The van der Waals surface area contributed by atoms with Crippen LogP contribution in [0.3, 0.4) is 0 Å². The van der Waals surface area contributed by atoms with Gasteiger partial charge in [0.05, 0.1) is 19.0 Å². The Morgan fingerprint density at radius 1 is 1.18 bits per heavy atom. The van der Waals surface area contributed by atoms with E-state index >= 15 is 0 Å². The van der Waals surface area contributed by atoms with E-state index in [0.717, 1.165) is 61.9 Å². The summed E-state index contributed by atoms with van der Waals surface area (Å²) < 4.78 is 0. The number of aliphatic carboxylic acids is 1. The molecule has 1 aromatic carbocycles. The van der Waals surface area contributed by atoms with Crippen LogP contribution >= 0.6 is 0 Å². The van der Waals surface area contributed by atoms with Gasteiger partial charge >= 0.3 is 5.97 Å². The SMILES string of the molecule is CNC(=O)[C@@H]1CCCN1c1ccc(C(=NCCC(=O)O)NC(=O)[C@H](C)N)cc1C1CCCCC1. The topological polar surface area (TPSA) is 137 Å². The van der Waals surface area contributed by atoms with Crippen LogP contribution < -0.4 is 21.3 Å².